The zero-order valence-electron chi connectivity index (χ0n) is 21.8. The highest BCUT2D eigenvalue weighted by atomic mass is 35.5. The molecule has 1 aliphatic rings. The van der Waals surface area contributed by atoms with Crippen LogP contribution in [0, 0.1) is 11.8 Å². The van der Waals surface area contributed by atoms with E-state index in [0.29, 0.717) is 47.3 Å². The average molecular weight is 548 g/mol. The maximum absolute atomic E-state index is 6.20. The van der Waals surface area contributed by atoms with Crippen LogP contribution in [0.2, 0.25) is 5.15 Å². The third-order valence-electron chi connectivity index (χ3n) is 6.37. The van der Waals surface area contributed by atoms with Crippen molar-refractivity contribution in [1.29, 1.82) is 0 Å². The fourth-order valence-corrected chi connectivity index (χ4v) is 4.42. The van der Waals surface area contributed by atoms with E-state index in [1.54, 1.807) is 41.6 Å². The van der Waals surface area contributed by atoms with E-state index in [-0.39, 0.29) is 6.04 Å². The second kappa shape index (κ2) is 12.1. The molecule has 0 radical (unpaired) electrons. The Morgan fingerprint density at radius 2 is 2.05 bits per heavy atom. The zero-order chi connectivity index (χ0) is 27.2. The molecule has 0 aromatic carbocycles. The molecule has 39 heavy (non-hydrogen) atoms. The first-order chi connectivity index (χ1) is 19.0. The fourth-order valence-electron chi connectivity index (χ4n) is 4.26. The number of nitrogen functional groups attached to an aromatic ring is 1. The molecular formula is C27H30ClN9O2. The Labute approximate surface area is 231 Å². The van der Waals surface area contributed by atoms with Crippen LogP contribution in [-0.4, -0.2) is 60.4 Å². The van der Waals surface area contributed by atoms with Gasteiger partial charge >= 0.3 is 0 Å². The Kier molecular flexibility index (Phi) is 8.24. The summed E-state index contributed by atoms with van der Waals surface area (Å²) in [6.45, 7) is 4.03. The number of hydrogen-bond donors (Lipinski definition) is 2. The summed E-state index contributed by atoms with van der Waals surface area (Å²) in [6.07, 6.45) is 11.4. The Morgan fingerprint density at radius 1 is 1.21 bits per heavy atom. The van der Waals surface area contributed by atoms with Gasteiger partial charge in [-0.1, -0.05) is 23.4 Å². The number of anilines is 2. The highest BCUT2D eigenvalue weighted by Gasteiger charge is 2.17. The molecular weight excluding hydrogens is 518 g/mol. The first-order valence-electron chi connectivity index (χ1n) is 12.8. The van der Waals surface area contributed by atoms with Crippen LogP contribution in [0.1, 0.15) is 43.4 Å². The average Bonchev–Trinajstić information content (AvgIpc) is 3.56. The van der Waals surface area contributed by atoms with Crippen molar-refractivity contribution in [3.63, 3.8) is 0 Å². The van der Waals surface area contributed by atoms with Gasteiger partial charge in [0.15, 0.2) is 5.82 Å². The lowest BCUT2D eigenvalue weighted by Crippen LogP contribution is -2.19. The summed E-state index contributed by atoms with van der Waals surface area (Å²) in [7, 11) is 1.81. The number of aryl methyl sites for hydroxylation is 1. The molecule has 5 heterocycles. The molecule has 1 fully saturated rings. The van der Waals surface area contributed by atoms with Crippen LogP contribution < -0.4 is 15.8 Å². The van der Waals surface area contributed by atoms with Gasteiger partial charge in [-0.05, 0) is 31.9 Å². The summed E-state index contributed by atoms with van der Waals surface area (Å²) >= 11 is 6.20. The standard InChI is InChI=1S/C27H30ClN9O2/c1-18(6-12-39-27-22(16-32-36(27)2)26-30-9-5-25(29)35-26)34-23-13-24(28)31-15-20(23)4-3-19-14-33-37(17-19)21-7-10-38-11-8-21/h5,9,13-18,21H,6-8,10-12H2,1-2H3,(H,31,34)(H2,29,30,35)/t18-/m0/s1. The molecule has 0 aliphatic carbocycles. The number of halogens is 1. The van der Waals surface area contributed by atoms with Crippen molar-refractivity contribution in [3.8, 4) is 29.1 Å². The third-order valence-corrected chi connectivity index (χ3v) is 6.58. The number of rotatable bonds is 8. The molecule has 1 atom stereocenters. The molecule has 4 aromatic heterocycles. The van der Waals surface area contributed by atoms with Crippen molar-refractivity contribution in [2.45, 2.75) is 38.3 Å². The quantitative estimate of drug-likeness (QED) is 0.250. The van der Waals surface area contributed by atoms with Gasteiger partial charge in [0.05, 0.1) is 41.9 Å². The molecule has 11 nitrogen and oxygen atoms in total. The molecule has 4 aromatic rings. The molecule has 0 spiro atoms. The number of ether oxygens (including phenoxy) is 2. The van der Waals surface area contributed by atoms with Crippen molar-refractivity contribution >= 4 is 23.1 Å². The Hall–Kier alpha value is -4.14. The number of hydrogen-bond acceptors (Lipinski definition) is 9. The van der Waals surface area contributed by atoms with Crippen LogP contribution in [0.4, 0.5) is 11.5 Å². The van der Waals surface area contributed by atoms with Crippen LogP contribution >= 0.6 is 11.6 Å². The van der Waals surface area contributed by atoms with E-state index in [1.807, 2.05) is 17.9 Å². The predicted molar refractivity (Wildman–Crippen MR) is 148 cm³/mol. The van der Waals surface area contributed by atoms with Crippen LogP contribution in [0.5, 0.6) is 5.88 Å². The lowest BCUT2D eigenvalue weighted by molar-refractivity contribution is 0.0662. The molecule has 1 saturated heterocycles. The molecule has 0 amide bonds. The zero-order valence-corrected chi connectivity index (χ0v) is 22.6. The minimum absolute atomic E-state index is 0.0561. The minimum atomic E-state index is 0.0561. The maximum atomic E-state index is 6.20. The highest BCUT2D eigenvalue weighted by molar-refractivity contribution is 6.29. The first kappa shape index (κ1) is 26.5. The largest absolute Gasteiger partial charge is 0.477 e. The molecule has 0 unspecified atom stereocenters. The van der Waals surface area contributed by atoms with E-state index in [9.17, 15) is 0 Å². The van der Waals surface area contributed by atoms with Gasteiger partial charge in [-0.2, -0.15) is 10.2 Å². The van der Waals surface area contributed by atoms with Crippen molar-refractivity contribution in [2.75, 3.05) is 30.9 Å². The van der Waals surface area contributed by atoms with E-state index in [4.69, 9.17) is 26.8 Å². The summed E-state index contributed by atoms with van der Waals surface area (Å²) < 4.78 is 15.2. The number of nitrogens with one attached hydrogen (secondary N) is 1. The summed E-state index contributed by atoms with van der Waals surface area (Å²) in [5, 5.41) is 12.7. The number of aromatic nitrogens is 7. The number of nitrogens with zero attached hydrogens (tertiary/aromatic N) is 7. The van der Waals surface area contributed by atoms with Crippen molar-refractivity contribution in [1.82, 2.24) is 34.5 Å². The molecule has 202 valence electrons. The van der Waals surface area contributed by atoms with E-state index in [0.717, 1.165) is 42.9 Å². The van der Waals surface area contributed by atoms with Crippen LogP contribution in [0.3, 0.4) is 0 Å². The Balaban J connectivity index is 1.22. The molecule has 12 heteroatoms. The molecule has 5 rings (SSSR count). The van der Waals surface area contributed by atoms with E-state index in [2.05, 4.69) is 49.2 Å². The second-order valence-corrected chi connectivity index (χ2v) is 9.72. The van der Waals surface area contributed by atoms with Gasteiger partial charge < -0.3 is 20.5 Å². The molecule has 0 saturated carbocycles. The lowest BCUT2D eigenvalue weighted by Gasteiger charge is -2.22. The first-order valence-corrected chi connectivity index (χ1v) is 13.1. The smallest absolute Gasteiger partial charge is 0.222 e. The second-order valence-electron chi connectivity index (χ2n) is 9.33. The Morgan fingerprint density at radius 3 is 2.87 bits per heavy atom. The molecule has 3 N–H and O–H groups in total. The van der Waals surface area contributed by atoms with Crippen molar-refractivity contribution < 1.29 is 9.47 Å². The third kappa shape index (κ3) is 6.66. The Bertz CT molecular complexity index is 1480. The van der Waals surface area contributed by atoms with Crippen LogP contribution in [0.15, 0.2) is 43.1 Å². The van der Waals surface area contributed by atoms with Crippen LogP contribution in [-0.2, 0) is 11.8 Å². The van der Waals surface area contributed by atoms with Gasteiger partial charge in [0.25, 0.3) is 0 Å². The summed E-state index contributed by atoms with van der Waals surface area (Å²) in [5.74, 6) is 7.85. The minimum Gasteiger partial charge on any atom is -0.477 e. The maximum Gasteiger partial charge on any atom is 0.222 e. The highest BCUT2D eigenvalue weighted by Crippen LogP contribution is 2.27. The van der Waals surface area contributed by atoms with E-state index >= 15 is 0 Å². The number of nitrogens with two attached hydrogens (primary N) is 1. The van der Waals surface area contributed by atoms with Gasteiger partial charge in [-0.15, -0.1) is 0 Å². The normalized spacial score (nSPS) is 14.4. The van der Waals surface area contributed by atoms with Gasteiger partial charge in [0.2, 0.25) is 5.88 Å². The van der Waals surface area contributed by atoms with Crippen LogP contribution in [0.25, 0.3) is 11.4 Å². The van der Waals surface area contributed by atoms with Gasteiger partial charge in [0, 0.05) is 51.3 Å². The lowest BCUT2D eigenvalue weighted by atomic mass is 10.1. The fraction of sp³-hybridized carbons (Fsp3) is 0.370. The number of pyridine rings is 1. The summed E-state index contributed by atoms with van der Waals surface area (Å²) in [6, 6.07) is 3.83. The monoisotopic (exact) mass is 547 g/mol. The predicted octanol–water partition coefficient (Wildman–Crippen LogP) is 3.73. The SMILES string of the molecule is C[C@@H](CCOc1c(-c2nccc(N)n2)cnn1C)Nc1cc(Cl)ncc1C#Cc1cnn(C2CCOCC2)c1. The van der Waals surface area contributed by atoms with Gasteiger partial charge in [0.1, 0.15) is 16.5 Å². The summed E-state index contributed by atoms with van der Waals surface area (Å²) in [5.41, 5.74) is 8.90. The van der Waals surface area contributed by atoms with Gasteiger partial charge in [-0.25, -0.2) is 19.6 Å². The summed E-state index contributed by atoms with van der Waals surface area (Å²) in [4.78, 5) is 12.8. The van der Waals surface area contributed by atoms with Crippen molar-refractivity contribution in [3.05, 3.63) is 59.4 Å². The topological polar surface area (TPSA) is 131 Å². The van der Waals surface area contributed by atoms with Crippen molar-refractivity contribution in [2.24, 2.45) is 7.05 Å². The van der Waals surface area contributed by atoms with E-state index in [1.165, 1.54) is 0 Å². The molecule has 0 bridgehead atoms. The van der Waals surface area contributed by atoms with E-state index < -0.39 is 0 Å². The molecule has 1 aliphatic heterocycles. The van der Waals surface area contributed by atoms with Gasteiger partial charge in [-0.3, -0.25) is 4.68 Å².